The van der Waals surface area contributed by atoms with Crippen LogP contribution in [0.2, 0.25) is 0 Å². The van der Waals surface area contributed by atoms with Gasteiger partial charge >= 0.3 is 0 Å². The molecule has 0 amide bonds. The molecule has 0 aliphatic heterocycles. The Hall–Kier alpha value is -1.61. The van der Waals surface area contributed by atoms with Crippen molar-refractivity contribution in [2.75, 3.05) is 6.61 Å². The molecule has 0 unspecified atom stereocenters. The molecule has 0 aromatic heterocycles. The van der Waals surface area contributed by atoms with E-state index in [0.29, 0.717) is 13.2 Å². The van der Waals surface area contributed by atoms with E-state index in [1.165, 1.54) is 0 Å². The van der Waals surface area contributed by atoms with Gasteiger partial charge in [-0.1, -0.05) is 12.1 Å². The van der Waals surface area contributed by atoms with Crippen LogP contribution >= 0.6 is 12.6 Å². The summed E-state index contributed by atoms with van der Waals surface area (Å²) in [4.78, 5) is 0.934. The summed E-state index contributed by atoms with van der Waals surface area (Å²) in [6.07, 6.45) is 0. The van der Waals surface area contributed by atoms with Crippen molar-refractivity contribution in [3.05, 3.63) is 54.1 Å². The quantitative estimate of drug-likeness (QED) is 0.820. The van der Waals surface area contributed by atoms with Gasteiger partial charge in [0.1, 0.15) is 18.1 Å². The Morgan fingerprint density at radius 3 is 2.00 bits per heavy atom. The van der Waals surface area contributed by atoms with Crippen molar-refractivity contribution in [1.29, 1.82) is 0 Å². The van der Waals surface area contributed by atoms with Crippen molar-refractivity contribution >= 4 is 12.6 Å². The molecule has 0 N–H and O–H groups in total. The molecule has 0 spiro atoms. The summed E-state index contributed by atoms with van der Waals surface area (Å²) in [7, 11) is 0. The van der Waals surface area contributed by atoms with Crippen molar-refractivity contribution < 1.29 is 9.47 Å². The van der Waals surface area contributed by atoms with E-state index in [9.17, 15) is 0 Å². The Morgan fingerprint density at radius 2 is 1.39 bits per heavy atom. The molecule has 18 heavy (non-hydrogen) atoms. The van der Waals surface area contributed by atoms with Crippen molar-refractivity contribution in [3.8, 4) is 11.5 Å². The molecule has 0 fully saturated rings. The SMILES string of the molecule is CCOc1ccc(COc2ccc(S)cc2)cc1. The second kappa shape index (κ2) is 6.36. The molecule has 2 aromatic rings. The molecular formula is C15H16O2S. The van der Waals surface area contributed by atoms with Gasteiger partial charge in [-0.05, 0) is 48.9 Å². The summed E-state index contributed by atoms with van der Waals surface area (Å²) in [5.41, 5.74) is 1.12. The first-order valence-electron chi connectivity index (χ1n) is 5.91. The van der Waals surface area contributed by atoms with Crippen LogP contribution in [0.4, 0.5) is 0 Å². The average Bonchev–Trinajstić information content (AvgIpc) is 2.40. The van der Waals surface area contributed by atoms with Crippen LogP contribution in [0.1, 0.15) is 12.5 Å². The molecule has 94 valence electrons. The Morgan fingerprint density at radius 1 is 0.833 bits per heavy atom. The maximum Gasteiger partial charge on any atom is 0.119 e. The van der Waals surface area contributed by atoms with E-state index in [1.807, 2.05) is 55.5 Å². The van der Waals surface area contributed by atoms with Gasteiger partial charge in [0.2, 0.25) is 0 Å². The zero-order valence-electron chi connectivity index (χ0n) is 10.3. The molecule has 2 aromatic carbocycles. The molecule has 0 bridgehead atoms. The van der Waals surface area contributed by atoms with Crippen LogP contribution in [0.5, 0.6) is 11.5 Å². The number of hydrogen-bond donors (Lipinski definition) is 1. The first-order chi connectivity index (χ1) is 8.78. The normalized spacial score (nSPS) is 10.1. The summed E-state index contributed by atoms with van der Waals surface area (Å²) < 4.78 is 11.1. The van der Waals surface area contributed by atoms with Crippen LogP contribution in [0.3, 0.4) is 0 Å². The van der Waals surface area contributed by atoms with E-state index in [2.05, 4.69) is 12.6 Å². The maximum atomic E-state index is 5.67. The van der Waals surface area contributed by atoms with Crippen LogP contribution in [-0.4, -0.2) is 6.61 Å². The minimum absolute atomic E-state index is 0.554. The van der Waals surface area contributed by atoms with Gasteiger partial charge < -0.3 is 9.47 Å². The van der Waals surface area contributed by atoms with Gasteiger partial charge in [0, 0.05) is 4.90 Å². The number of ether oxygens (including phenoxy) is 2. The van der Waals surface area contributed by atoms with E-state index in [0.717, 1.165) is 22.0 Å². The van der Waals surface area contributed by atoms with E-state index in [1.54, 1.807) is 0 Å². The third-order valence-corrected chi connectivity index (χ3v) is 2.77. The van der Waals surface area contributed by atoms with E-state index in [-0.39, 0.29) is 0 Å². The predicted octanol–water partition coefficient (Wildman–Crippen LogP) is 3.95. The Balaban J connectivity index is 1.91. The van der Waals surface area contributed by atoms with Crippen LogP contribution in [0.15, 0.2) is 53.4 Å². The lowest BCUT2D eigenvalue weighted by Gasteiger charge is -2.07. The Kier molecular flexibility index (Phi) is 4.53. The largest absolute Gasteiger partial charge is 0.494 e. The molecule has 2 nitrogen and oxygen atoms in total. The van der Waals surface area contributed by atoms with Crippen molar-refractivity contribution in [1.82, 2.24) is 0 Å². The first-order valence-corrected chi connectivity index (χ1v) is 6.36. The predicted molar refractivity (Wildman–Crippen MR) is 75.6 cm³/mol. The van der Waals surface area contributed by atoms with Gasteiger partial charge in [0.25, 0.3) is 0 Å². The highest BCUT2D eigenvalue weighted by Gasteiger charge is 1.97. The van der Waals surface area contributed by atoms with Gasteiger partial charge in [-0.3, -0.25) is 0 Å². The van der Waals surface area contributed by atoms with Crippen molar-refractivity contribution in [2.24, 2.45) is 0 Å². The molecule has 0 aliphatic rings. The molecule has 0 radical (unpaired) electrons. The lowest BCUT2D eigenvalue weighted by Crippen LogP contribution is -1.96. The van der Waals surface area contributed by atoms with Gasteiger partial charge in [0.05, 0.1) is 6.61 Å². The highest BCUT2D eigenvalue weighted by Crippen LogP contribution is 2.17. The highest BCUT2D eigenvalue weighted by molar-refractivity contribution is 7.80. The summed E-state index contributed by atoms with van der Waals surface area (Å²) >= 11 is 4.23. The minimum atomic E-state index is 0.554. The summed E-state index contributed by atoms with van der Waals surface area (Å²) in [5, 5.41) is 0. The van der Waals surface area contributed by atoms with Crippen molar-refractivity contribution in [2.45, 2.75) is 18.4 Å². The average molecular weight is 260 g/mol. The zero-order valence-corrected chi connectivity index (χ0v) is 11.2. The molecule has 2 rings (SSSR count). The molecule has 0 heterocycles. The molecule has 0 saturated carbocycles. The maximum absolute atomic E-state index is 5.67. The smallest absolute Gasteiger partial charge is 0.119 e. The molecule has 0 saturated heterocycles. The van der Waals surface area contributed by atoms with Crippen LogP contribution in [0.25, 0.3) is 0 Å². The number of thiol groups is 1. The van der Waals surface area contributed by atoms with Crippen LogP contribution in [0, 0.1) is 0 Å². The van der Waals surface area contributed by atoms with E-state index in [4.69, 9.17) is 9.47 Å². The Bertz CT molecular complexity index is 477. The monoisotopic (exact) mass is 260 g/mol. The standard InChI is InChI=1S/C15H16O2S/c1-2-16-13-5-3-12(4-6-13)11-17-14-7-9-15(18)10-8-14/h3-10,18H,2,11H2,1H3. The fourth-order valence-corrected chi connectivity index (χ4v) is 1.71. The summed E-state index contributed by atoms with van der Waals surface area (Å²) in [6, 6.07) is 15.6. The van der Waals surface area contributed by atoms with Gasteiger partial charge in [-0.2, -0.15) is 0 Å². The van der Waals surface area contributed by atoms with E-state index < -0.39 is 0 Å². The Labute approximate surface area is 113 Å². The molecule has 3 heteroatoms. The molecular weight excluding hydrogens is 244 g/mol. The number of hydrogen-bond acceptors (Lipinski definition) is 3. The van der Waals surface area contributed by atoms with E-state index >= 15 is 0 Å². The topological polar surface area (TPSA) is 18.5 Å². The third kappa shape index (κ3) is 3.70. The number of benzene rings is 2. The number of rotatable bonds is 5. The second-order valence-corrected chi connectivity index (χ2v) is 4.38. The van der Waals surface area contributed by atoms with Crippen LogP contribution in [-0.2, 0) is 6.61 Å². The third-order valence-electron chi connectivity index (χ3n) is 2.48. The fraction of sp³-hybridized carbons (Fsp3) is 0.200. The first kappa shape index (κ1) is 12.8. The summed E-state index contributed by atoms with van der Waals surface area (Å²) in [6.45, 7) is 3.21. The fourth-order valence-electron chi connectivity index (χ4n) is 1.56. The lowest BCUT2D eigenvalue weighted by atomic mass is 10.2. The molecule has 0 atom stereocenters. The summed E-state index contributed by atoms with van der Waals surface area (Å²) in [5.74, 6) is 1.74. The lowest BCUT2D eigenvalue weighted by molar-refractivity contribution is 0.305. The van der Waals surface area contributed by atoms with Gasteiger partial charge in [-0.15, -0.1) is 12.6 Å². The molecule has 0 aliphatic carbocycles. The highest BCUT2D eigenvalue weighted by atomic mass is 32.1. The van der Waals surface area contributed by atoms with Crippen LogP contribution < -0.4 is 9.47 Å². The van der Waals surface area contributed by atoms with Gasteiger partial charge in [-0.25, -0.2) is 0 Å². The van der Waals surface area contributed by atoms with Gasteiger partial charge in [0.15, 0.2) is 0 Å². The minimum Gasteiger partial charge on any atom is -0.494 e. The zero-order chi connectivity index (χ0) is 12.8. The van der Waals surface area contributed by atoms with Crippen molar-refractivity contribution in [3.63, 3.8) is 0 Å². The second-order valence-electron chi connectivity index (χ2n) is 3.86.